The van der Waals surface area contributed by atoms with E-state index in [-0.39, 0.29) is 11.5 Å². The zero-order valence-electron chi connectivity index (χ0n) is 18.2. The van der Waals surface area contributed by atoms with Gasteiger partial charge in [0.05, 0.1) is 0 Å². The van der Waals surface area contributed by atoms with Crippen molar-refractivity contribution in [1.29, 1.82) is 0 Å². The number of furan rings is 1. The van der Waals surface area contributed by atoms with Gasteiger partial charge in [0, 0.05) is 16.3 Å². The van der Waals surface area contributed by atoms with E-state index in [1.165, 1.54) is 11.3 Å². The number of fused-ring (bicyclic) bond motifs is 2. The van der Waals surface area contributed by atoms with Crippen LogP contribution in [-0.2, 0) is 4.74 Å². The van der Waals surface area contributed by atoms with Gasteiger partial charge in [-0.05, 0) is 45.0 Å². The molecule has 8 heteroatoms. The number of benzene rings is 2. The second-order valence-electron chi connectivity index (χ2n) is 8.44. The molecule has 0 fully saturated rings. The maximum atomic E-state index is 13.2. The van der Waals surface area contributed by atoms with Crippen molar-refractivity contribution < 1.29 is 23.2 Å². The van der Waals surface area contributed by atoms with E-state index in [0.717, 1.165) is 5.39 Å². The Morgan fingerprint density at radius 1 is 1.00 bits per heavy atom. The Morgan fingerprint density at radius 3 is 2.45 bits per heavy atom. The smallest absolute Gasteiger partial charge is 0.342 e. The Hall–Kier alpha value is -3.91. The first kappa shape index (κ1) is 21.0. The van der Waals surface area contributed by atoms with E-state index in [4.69, 9.17) is 13.6 Å². The molecule has 1 N–H and O–H groups in total. The molecule has 0 spiro atoms. The van der Waals surface area contributed by atoms with Crippen LogP contribution in [0.25, 0.3) is 33.4 Å². The minimum absolute atomic E-state index is 0.0926. The minimum atomic E-state index is -0.717. The van der Waals surface area contributed by atoms with Crippen LogP contribution in [0.4, 0.5) is 5.00 Å². The third kappa shape index (κ3) is 4.12. The predicted molar refractivity (Wildman–Crippen MR) is 127 cm³/mol. The Labute approximate surface area is 193 Å². The van der Waals surface area contributed by atoms with Crippen LogP contribution >= 0.6 is 11.3 Å². The largest absolute Gasteiger partial charge is 0.456 e. The lowest BCUT2D eigenvalue weighted by molar-refractivity contribution is 0.00719. The molecule has 1 amide bonds. The summed E-state index contributed by atoms with van der Waals surface area (Å²) in [6, 6.07) is 16.5. The van der Waals surface area contributed by atoms with Crippen LogP contribution in [-0.4, -0.2) is 22.5 Å². The summed E-state index contributed by atoms with van der Waals surface area (Å²) in [5.74, 6) is -0.707. The monoisotopic (exact) mass is 460 g/mol. The van der Waals surface area contributed by atoms with E-state index in [1.54, 1.807) is 44.4 Å². The minimum Gasteiger partial charge on any atom is -0.456 e. The summed E-state index contributed by atoms with van der Waals surface area (Å²) >= 11 is 1.20. The van der Waals surface area contributed by atoms with Crippen molar-refractivity contribution in [2.24, 2.45) is 0 Å². The molecular formula is C25H20N2O5S. The van der Waals surface area contributed by atoms with Crippen LogP contribution in [0.3, 0.4) is 0 Å². The molecule has 33 heavy (non-hydrogen) atoms. The van der Waals surface area contributed by atoms with Crippen LogP contribution in [0.1, 0.15) is 41.8 Å². The highest BCUT2D eigenvalue weighted by atomic mass is 32.1. The van der Waals surface area contributed by atoms with E-state index in [2.05, 4.69) is 10.3 Å². The van der Waals surface area contributed by atoms with Gasteiger partial charge in [0.15, 0.2) is 5.58 Å². The van der Waals surface area contributed by atoms with Crippen LogP contribution in [0.5, 0.6) is 0 Å². The van der Waals surface area contributed by atoms with Crippen molar-refractivity contribution in [1.82, 2.24) is 4.98 Å². The van der Waals surface area contributed by atoms with Gasteiger partial charge in [-0.2, -0.15) is 0 Å². The predicted octanol–water partition coefficient (Wildman–Crippen LogP) is 6.51. The molecule has 0 atom stereocenters. The van der Waals surface area contributed by atoms with Crippen molar-refractivity contribution in [2.75, 3.05) is 5.32 Å². The van der Waals surface area contributed by atoms with Crippen molar-refractivity contribution in [3.05, 3.63) is 71.4 Å². The molecule has 166 valence electrons. The highest BCUT2D eigenvalue weighted by molar-refractivity contribution is 7.15. The molecule has 7 nitrogen and oxygen atoms in total. The third-order valence-corrected chi connectivity index (χ3v) is 5.70. The van der Waals surface area contributed by atoms with E-state index in [1.807, 2.05) is 36.4 Å². The van der Waals surface area contributed by atoms with Gasteiger partial charge in [-0.25, -0.2) is 9.78 Å². The summed E-state index contributed by atoms with van der Waals surface area (Å²) in [6.07, 6.45) is 0. The number of carbonyl (C=O) groups is 2. The van der Waals surface area contributed by atoms with Gasteiger partial charge in [-0.3, -0.25) is 4.79 Å². The molecule has 0 aliphatic carbocycles. The van der Waals surface area contributed by atoms with Crippen molar-refractivity contribution in [2.45, 2.75) is 26.4 Å². The molecule has 0 radical (unpaired) electrons. The highest BCUT2D eigenvalue weighted by Crippen LogP contribution is 2.39. The van der Waals surface area contributed by atoms with Gasteiger partial charge in [-0.1, -0.05) is 30.3 Å². The van der Waals surface area contributed by atoms with Crippen LogP contribution in [0, 0.1) is 0 Å². The molecule has 5 rings (SSSR count). The normalized spacial score (nSPS) is 11.7. The molecule has 0 saturated carbocycles. The second kappa shape index (κ2) is 7.90. The number of carbonyl (C=O) groups excluding carboxylic acids is 2. The zero-order valence-corrected chi connectivity index (χ0v) is 19.0. The zero-order chi connectivity index (χ0) is 23.2. The third-order valence-electron chi connectivity index (χ3n) is 4.80. The number of nitrogens with one attached hydrogen (secondary N) is 1. The first-order chi connectivity index (χ1) is 15.8. The van der Waals surface area contributed by atoms with Crippen LogP contribution in [0.2, 0.25) is 0 Å². The summed E-state index contributed by atoms with van der Waals surface area (Å²) in [5.41, 5.74) is 1.82. The molecule has 3 heterocycles. The number of aromatic nitrogens is 1. The number of hydrogen-bond acceptors (Lipinski definition) is 7. The van der Waals surface area contributed by atoms with Gasteiger partial charge in [-0.15, -0.1) is 11.3 Å². The molecule has 0 saturated heterocycles. The van der Waals surface area contributed by atoms with E-state index >= 15 is 0 Å². The number of oxazole rings is 1. The Balaban J connectivity index is 1.54. The summed E-state index contributed by atoms with van der Waals surface area (Å²) in [4.78, 5) is 30.3. The number of para-hydroxylation sites is 3. The molecule has 0 unspecified atom stereocenters. The maximum absolute atomic E-state index is 13.2. The topological polar surface area (TPSA) is 94.6 Å². The second-order valence-corrected chi connectivity index (χ2v) is 9.32. The van der Waals surface area contributed by atoms with Crippen molar-refractivity contribution >= 4 is 50.3 Å². The quantitative estimate of drug-likeness (QED) is 0.307. The molecule has 0 aliphatic heterocycles. The molecular weight excluding hydrogens is 440 g/mol. The van der Waals surface area contributed by atoms with Gasteiger partial charge in [0.2, 0.25) is 0 Å². The summed E-state index contributed by atoms with van der Waals surface area (Å²) in [7, 11) is 0. The van der Waals surface area contributed by atoms with Gasteiger partial charge in [0.25, 0.3) is 5.89 Å². The SMILES string of the molecule is CC(C)(C)OC(=O)c1c(-c2cc3ccccc3o2)csc1NC(=O)c1nc2ccccc2o1. The molecule has 3 aromatic heterocycles. The number of esters is 1. The van der Waals surface area contributed by atoms with Crippen LogP contribution in [0.15, 0.2) is 68.8 Å². The van der Waals surface area contributed by atoms with E-state index in [0.29, 0.717) is 33.0 Å². The van der Waals surface area contributed by atoms with Crippen molar-refractivity contribution in [3.8, 4) is 11.3 Å². The fourth-order valence-corrected chi connectivity index (χ4v) is 4.34. The van der Waals surface area contributed by atoms with Crippen LogP contribution < -0.4 is 5.32 Å². The summed E-state index contributed by atoms with van der Waals surface area (Å²) in [6.45, 7) is 5.36. The average molecular weight is 461 g/mol. The van der Waals surface area contributed by atoms with Gasteiger partial charge >= 0.3 is 11.9 Å². The number of rotatable bonds is 4. The average Bonchev–Trinajstić information content (AvgIpc) is 3.48. The molecule has 0 aliphatic rings. The summed E-state index contributed by atoms with van der Waals surface area (Å²) < 4.78 is 17.2. The summed E-state index contributed by atoms with van der Waals surface area (Å²) in [5, 5.41) is 5.76. The standard InChI is InChI=1S/C25H20N2O5S/c1-25(2,3)32-24(29)20-15(19-12-14-8-4-6-10-17(14)30-19)13-33-23(20)27-21(28)22-26-16-9-5-7-11-18(16)31-22/h4-13H,1-3H3,(H,27,28). The first-order valence-electron chi connectivity index (χ1n) is 10.3. The fourth-order valence-electron chi connectivity index (χ4n) is 3.40. The van der Waals surface area contributed by atoms with Crippen molar-refractivity contribution in [3.63, 3.8) is 0 Å². The molecule has 5 aromatic rings. The van der Waals surface area contributed by atoms with E-state index < -0.39 is 17.5 Å². The number of amides is 1. The van der Waals surface area contributed by atoms with E-state index in [9.17, 15) is 9.59 Å². The first-order valence-corrected chi connectivity index (χ1v) is 11.2. The number of anilines is 1. The number of ether oxygens (including phenoxy) is 1. The lowest BCUT2D eigenvalue weighted by atomic mass is 10.1. The fraction of sp³-hybridized carbons (Fsp3) is 0.160. The molecule has 2 aromatic carbocycles. The number of thiophene rings is 1. The number of hydrogen-bond donors (Lipinski definition) is 1. The van der Waals surface area contributed by atoms with Gasteiger partial charge < -0.3 is 18.9 Å². The lowest BCUT2D eigenvalue weighted by Crippen LogP contribution is -2.25. The Bertz CT molecular complexity index is 1440. The maximum Gasteiger partial charge on any atom is 0.342 e. The highest BCUT2D eigenvalue weighted by Gasteiger charge is 2.29. The Morgan fingerprint density at radius 2 is 1.73 bits per heavy atom. The molecule has 0 bridgehead atoms. The van der Waals surface area contributed by atoms with Gasteiger partial charge in [0.1, 0.15) is 33.0 Å². The number of nitrogens with zero attached hydrogens (tertiary/aromatic N) is 1. The lowest BCUT2D eigenvalue weighted by Gasteiger charge is -2.20. The Kier molecular flexibility index (Phi) is 5.02.